The van der Waals surface area contributed by atoms with Gasteiger partial charge in [-0.25, -0.2) is 0 Å². The topological polar surface area (TPSA) is 123 Å². The number of nitrogens with one attached hydrogen (secondary N) is 1. The molecule has 2 aromatic carbocycles. The van der Waals surface area contributed by atoms with Crippen LogP contribution in [0.4, 0.5) is 11.4 Å². The predicted octanol–water partition coefficient (Wildman–Crippen LogP) is 2.29. The highest BCUT2D eigenvalue weighted by atomic mass is 28.4. The van der Waals surface area contributed by atoms with Crippen molar-refractivity contribution in [1.82, 2.24) is 10.2 Å². The third kappa shape index (κ3) is 4.91. The first-order valence-corrected chi connectivity index (χ1v) is 18.5. The molecule has 11 heteroatoms. The fraction of sp³-hybridized carbons (Fsp3) is 0.485. The highest BCUT2D eigenvalue weighted by Gasteiger charge is 2.66. The van der Waals surface area contributed by atoms with Crippen LogP contribution in [0.2, 0.25) is 18.6 Å². The summed E-state index contributed by atoms with van der Waals surface area (Å²) in [5.41, 5.74) is 2.33. The second-order valence-electron chi connectivity index (χ2n) is 13.0. The monoisotopic (exact) mass is 618 g/mol. The second-order valence-corrected chi connectivity index (χ2v) is 17.0. The molecule has 0 radical (unpaired) electrons. The van der Waals surface area contributed by atoms with E-state index in [9.17, 15) is 24.3 Å². The van der Waals surface area contributed by atoms with Crippen molar-refractivity contribution in [2.45, 2.75) is 62.7 Å². The molecular weight excluding hydrogens is 576 g/mol. The third-order valence-electron chi connectivity index (χ3n) is 9.94. The smallest absolute Gasteiger partial charge is 0.264 e. The van der Waals surface area contributed by atoms with E-state index in [4.69, 9.17) is 4.74 Å². The molecule has 2 aromatic rings. The molecule has 2 fully saturated rings. The zero-order chi connectivity index (χ0) is 31.4. The summed E-state index contributed by atoms with van der Waals surface area (Å²) in [4.78, 5) is 58.0. The van der Waals surface area contributed by atoms with Crippen LogP contribution in [0, 0.1) is 5.92 Å². The Morgan fingerprint density at radius 2 is 1.95 bits per heavy atom. The summed E-state index contributed by atoms with van der Waals surface area (Å²) in [5, 5.41) is 13.3. The molecular formula is C33H42N4O6Si. The van der Waals surface area contributed by atoms with E-state index < -0.39 is 31.5 Å². The van der Waals surface area contributed by atoms with E-state index in [-0.39, 0.29) is 49.9 Å². The molecule has 6 rings (SSSR count). The average Bonchev–Trinajstić information content (AvgIpc) is 3.42. The van der Waals surface area contributed by atoms with Crippen LogP contribution in [-0.2, 0) is 37.7 Å². The van der Waals surface area contributed by atoms with Gasteiger partial charge in [-0.1, -0.05) is 37.3 Å². The molecule has 0 unspecified atom stereocenters. The van der Waals surface area contributed by atoms with Crippen molar-refractivity contribution in [3.8, 4) is 0 Å². The van der Waals surface area contributed by atoms with Gasteiger partial charge in [0.1, 0.15) is 0 Å². The van der Waals surface area contributed by atoms with Crippen LogP contribution < -0.4 is 15.1 Å². The first-order valence-electron chi connectivity index (χ1n) is 15.5. The number of hydrogen-bond acceptors (Lipinski definition) is 7. The number of amides is 3. The molecule has 3 amide bonds. The van der Waals surface area contributed by atoms with Gasteiger partial charge in [-0.05, 0) is 48.8 Å². The number of benzene rings is 2. The maximum atomic E-state index is 14.4. The number of carbonyl (C=O) groups excluding carboxylic acids is 3. The second kappa shape index (κ2) is 11.5. The average molecular weight is 619 g/mol. The summed E-state index contributed by atoms with van der Waals surface area (Å²) in [5.74, 6) is -0.922. The van der Waals surface area contributed by atoms with Gasteiger partial charge in [0.25, 0.3) is 5.91 Å². The van der Waals surface area contributed by atoms with Crippen LogP contribution in [0.3, 0.4) is 0 Å². The molecule has 10 nitrogen and oxygen atoms in total. The van der Waals surface area contributed by atoms with Gasteiger partial charge in [-0.15, -0.1) is 6.58 Å². The van der Waals surface area contributed by atoms with Crippen LogP contribution in [0.15, 0.2) is 55.1 Å². The predicted molar refractivity (Wildman–Crippen MR) is 170 cm³/mol. The zero-order valence-corrected chi connectivity index (χ0v) is 26.7. The summed E-state index contributed by atoms with van der Waals surface area (Å²) in [6.45, 7) is 11.4. The molecule has 0 saturated carbocycles. The van der Waals surface area contributed by atoms with E-state index in [1.54, 1.807) is 20.8 Å². The lowest BCUT2D eigenvalue weighted by molar-refractivity contribution is -0.150. The summed E-state index contributed by atoms with van der Waals surface area (Å²) < 4.78 is 6.87. The van der Waals surface area contributed by atoms with Crippen LogP contribution in [0.1, 0.15) is 30.0 Å². The van der Waals surface area contributed by atoms with Crippen LogP contribution in [-0.4, -0.2) is 85.8 Å². The van der Waals surface area contributed by atoms with Gasteiger partial charge < -0.3 is 34.7 Å². The molecule has 3 N–H and O–H groups in total. The van der Waals surface area contributed by atoms with Crippen molar-refractivity contribution in [3.05, 3.63) is 71.8 Å². The maximum absolute atomic E-state index is 14.4. The minimum absolute atomic E-state index is 0.0214. The van der Waals surface area contributed by atoms with Gasteiger partial charge >= 0.3 is 0 Å². The fourth-order valence-electron chi connectivity index (χ4n) is 7.95. The lowest BCUT2D eigenvalue weighted by Gasteiger charge is -2.37. The van der Waals surface area contributed by atoms with Crippen molar-refractivity contribution < 1.29 is 29.0 Å². The lowest BCUT2D eigenvalue weighted by Crippen LogP contribution is -2.48. The summed E-state index contributed by atoms with van der Waals surface area (Å²) in [7, 11) is -3.00. The Kier molecular flexibility index (Phi) is 8.04. The molecule has 4 heterocycles. The first kappa shape index (κ1) is 30.7. The molecule has 0 aliphatic carbocycles. The molecule has 4 aliphatic rings. The SMILES string of the molecule is C=CCN1C(=O)[C@]2(O[C@H](CC(=O)N3Cc4ccccc4C[C@H]3CO)[C@@H]([Si](C)(C)O)[C@@H]2C)c2cc(N3CCNCC3=O)ccc21. The fourth-order valence-corrected chi connectivity index (χ4v) is 10.5. The number of hydrogen-bond donors (Lipinski definition) is 3. The van der Waals surface area contributed by atoms with Gasteiger partial charge in [-0.3, -0.25) is 14.4 Å². The molecule has 234 valence electrons. The Hall–Kier alpha value is -3.35. The number of piperazine rings is 1. The summed E-state index contributed by atoms with van der Waals surface area (Å²) in [6, 6.07) is 13.2. The Labute approximate surface area is 259 Å². The van der Waals surface area contributed by atoms with Gasteiger partial charge in [0.15, 0.2) is 13.9 Å². The molecule has 1 spiro atoms. The van der Waals surface area contributed by atoms with Crippen molar-refractivity contribution in [2.75, 3.05) is 42.6 Å². The number of ether oxygens (including phenoxy) is 1. The van der Waals surface area contributed by atoms with E-state index in [0.29, 0.717) is 43.0 Å². The molecule has 5 atom stereocenters. The summed E-state index contributed by atoms with van der Waals surface area (Å²) in [6.07, 6.45) is 1.49. The Morgan fingerprint density at radius 3 is 2.64 bits per heavy atom. The van der Waals surface area contributed by atoms with Crippen LogP contribution in [0.25, 0.3) is 0 Å². The third-order valence-corrected chi connectivity index (χ3v) is 12.4. The van der Waals surface area contributed by atoms with E-state index in [1.165, 1.54) is 0 Å². The largest absolute Gasteiger partial charge is 0.432 e. The van der Waals surface area contributed by atoms with Gasteiger partial charge in [0, 0.05) is 48.9 Å². The number of fused-ring (bicyclic) bond motifs is 3. The lowest BCUT2D eigenvalue weighted by atomic mass is 9.82. The van der Waals surface area contributed by atoms with E-state index in [2.05, 4.69) is 11.9 Å². The van der Waals surface area contributed by atoms with Crippen molar-refractivity contribution in [1.29, 1.82) is 0 Å². The van der Waals surface area contributed by atoms with Crippen LogP contribution in [0.5, 0.6) is 0 Å². The number of aliphatic hydroxyl groups is 1. The number of nitrogens with zero attached hydrogens (tertiary/aromatic N) is 3. The molecule has 4 aliphatic heterocycles. The number of anilines is 2. The normalized spacial score (nSPS) is 28.4. The van der Waals surface area contributed by atoms with Gasteiger partial charge in [0.05, 0.1) is 37.4 Å². The number of aliphatic hydroxyl groups excluding tert-OH is 1. The minimum Gasteiger partial charge on any atom is -0.432 e. The summed E-state index contributed by atoms with van der Waals surface area (Å²) >= 11 is 0. The van der Waals surface area contributed by atoms with E-state index in [0.717, 1.165) is 11.1 Å². The maximum Gasteiger partial charge on any atom is 0.264 e. The standard InChI is InChI=1S/C33H42N4O6Si/c1-5-13-36-27-11-10-24(35-14-12-34-18-30(35)40)16-26(27)33(32(36)41)21(2)31(44(3,4)42)28(43-33)17-29(39)37-19-23-9-7-6-8-22(23)15-25(37)20-38/h5-11,16,21,25,28,31,34,38,42H,1,12-15,17-20H2,2-4H3/t21-,25-,28+,31-,33+/m0/s1. The Bertz CT molecular complexity index is 1490. The quantitative estimate of drug-likeness (QED) is 0.322. The first-order chi connectivity index (χ1) is 21.0. The van der Waals surface area contributed by atoms with Crippen molar-refractivity contribution in [2.24, 2.45) is 5.92 Å². The molecule has 0 bridgehead atoms. The zero-order valence-electron chi connectivity index (χ0n) is 25.7. The highest BCUT2D eigenvalue weighted by molar-refractivity contribution is 6.71. The van der Waals surface area contributed by atoms with E-state index >= 15 is 0 Å². The molecule has 44 heavy (non-hydrogen) atoms. The number of carbonyl (C=O) groups is 3. The van der Waals surface area contributed by atoms with Crippen molar-refractivity contribution in [3.63, 3.8) is 0 Å². The van der Waals surface area contributed by atoms with Gasteiger partial charge in [-0.2, -0.15) is 0 Å². The minimum atomic E-state index is -3.00. The van der Waals surface area contributed by atoms with Crippen molar-refractivity contribution >= 4 is 37.4 Å². The number of rotatable bonds is 7. The Morgan fingerprint density at radius 1 is 1.20 bits per heavy atom. The Balaban J connectivity index is 1.38. The van der Waals surface area contributed by atoms with Crippen LogP contribution >= 0.6 is 0 Å². The van der Waals surface area contributed by atoms with Gasteiger partial charge in [0.2, 0.25) is 11.8 Å². The highest BCUT2D eigenvalue weighted by Crippen LogP contribution is 2.60. The van der Waals surface area contributed by atoms with E-state index in [1.807, 2.05) is 62.5 Å². The molecule has 2 saturated heterocycles. The molecule has 0 aromatic heterocycles.